The fourth-order valence-corrected chi connectivity index (χ4v) is 3.75. The van der Waals surface area contributed by atoms with Crippen molar-refractivity contribution in [3.05, 3.63) is 0 Å². The summed E-state index contributed by atoms with van der Waals surface area (Å²) < 4.78 is 51.2. The Labute approximate surface area is 215 Å². The maximum atomic E-state index is 12.3. The molecule has 0 saturated carbocycles. The second-order valence-corrected chi connectivity index (χ2v) is 9.63. The van der Waals surface area contributed by atoms with Gasteiger partial charge in [-0.05, 0) is 20.8 Å². The van der Waals surface area contributed by atoms with Crippen LogP contribution in [0.1, 0.15) is 20.8 Å². The van der Waals surface area contributed by atoms with Crippen molar-refractivity contribution in [1.82, 2.24) is 0 Å². The fraction of sp³-hybridized carbons (Fsp3) is 1.00. The number of ether oxygens (including phenoxy) is 3. The van der Waals surface area contributed by atoms with E-state index in [1.807, 2.05) is 0 Å². The van der Waals surface area contributed by atoms with E-state index in [-0.39, 0.29) is 13.2 Å². The summed E-state index contributed by atoms with van der Waals surface area (Å²) in [7, 11) is 15.6. The molecule has 0 bridgehead atoms. The monoisotopic (exact) mass is 542 g/mol. The highest BCUT2D eigenvalue weighted by atomic mass is 19.4. The van der Waals surface area contributed by atoms with Crippen LogP contribution in [0.2, 0.25) is 0 Å². The third-order valence-corrected chi connectivity index (χ3v) is 6.64. The lowest BCUT2D eigenvalue weighted by molar-refractivity contribution is -0.284. The molecule has 12 atom stereocenters. The van der Waals surface area contributed by atoms with Gasteiger partial charge in [0.25, 0.3) is 0 Å². The van der Waals surface area contributed by atoms with Gasteiger partial charge in [-0.2, -0.15) is 13.2 Å². The van der Waals surface area contributed by atoms with Crippen LogP contribution in [0.25, 0.3) is 0 Å². The van der Waals surface area contributed by atoms with E-state index in [0.29, 0.717) is 0 Å². The van der Waals surface area contributed by atoms with E-state index in [2.05, 4.69) is 4.74 Å². The van der Waals surface area contributed by atoms with Crippen molar-refractivity contribution in [2.24, 2.45) is 0 Å². The number of hydrogen-bond acceptors (Lipinski definition) is 12. The van der Waals surface area contributed by atoms with Gasteiger partial charge in [0, 0.05) is 12.0 Å². The lowest BCUT2D eigenvalue weighted by Crippen LogP contribution is -2.59. The summed E-state index contributed by atoms with van der Waals surface area (Å²) in [5.41, 5.74) is -7.66. The Kier molecular flexibility index (Phi) is 11.1. The average molecular weight is 542 g/mol. The average Bonchev–Trinajstić information content (AvgIpc) is 3.23. The normalized spacial score (nSPS) is 49.7. The molecule has 12 nitrogen and oxygen atoms in total. The maximum Gasteiger partial charge on any atom is 0.421 e. The molecule has 0 aromatic heterocycles. The minimum Gasteiger partial charge on any atom is -0.394 e. The lowest BCUT2D eigenvalue weighted by atomic mass is 9.80. The SMILES string of the molecule is [B][C@@H]1O[C@H](CO)[C@@H](O)[C@@]1(C)O.[B][C@@H]1O[C@H](CO)[C@@H](O)[C@]1(O)C(F)(F)F.[B][C@@H]1O[C@](C)(CO)[C@@H](O)[C@@]1(C)O. The molecule has 3 saturated heterocycles. The maximum absolute atomic E-state index is 12.3. The van der Waals surface area contributed by atoms with Crippen molar-refractivity contribution in [1.29, 1.82) is 0 Å². The molecule has 0 spiro atoms. The molecule has 210 valence electrons. The lowest BCUT2D eigenvalue weighted by Gasteiger charge is -2.31. The Morgan fingerprint density at radius 2 is 1.16 bits per heavy atom. The molecule has 3 fully saturated rings. The van der Waals surface area contributed by atoms with E-state index in [1.165, 1.54) is 20.8 Å². The Morgan fingerprint density at radius 3 is 1.35 bits per heavy atom. The molecule has 3 aliphatic heterocycles. The smallest absolute Gasteiger partial charge is 0.394 e. The Hall–Kier alpha value is -0.495. The molecule has 0 aromatic rings. The molecule has 0 amide bonds. The number of alkyl halides is 3. The van der Waals surface area contributed by atoms with Crippen LogP contribution >= 0.6 is 0 Å². The predicted octanol–water partition coefficient (Wildman–Crippen LogP) is -5.12. The minimum absolute atomic E-state index is 0.342. The van der Waals surface area contributed by atoms with Gasteiger partial charge >= 0.3 is 6.18 Å². The summed E-state index contributed by atoms with van der Waals surface area (Å²) in [6.07, 6.45) is -12.0. The van der Waals surface area contributed by atoms with Crippen LogP contribution in [-0.2, 0) is 14.2 Å². The van der Waals surface area contributed by atoms with Gasteiger partial charge in [0.1, 0.15) is 70.9 Å². The summed E-state index contributed by atoms with van der Waals surface area (Å²) in [5, 5.41) is 82.1. The van der Waals surface area contributed by atoms with E-state index in [9.17, 15) is 33.6 Å². The molecule has 9 N–H and O–H groups in total. The van der Waals surface area contributed by atoms with Gasteiger partial charge in [-0.3, -0.25) is 0 Å². The van der Waals surface area contributed by atoms with Crippen LogP contribution in [0, 0.1) is 0 Å². The van der Waals surface area contributed by atoms with Crippen molar-refractivity contribution in [2.45, 2.75) is 97.9 Å². The van der Waals surface area contributed by atoms with E-state index in [0.717, 1.165) is 0 Å². The summed E-state index contributed by atoms with van der Waals surface area (Å²) in [5.74, 6) is 0. The fourth-order valence-electron chi connectivity index (χ4n) is 3.75. The van der Waals surface area contributed by atoms with Gasteiger partial charge in [0.15, 0.2) is 0 Å². The highest BCUT2D eigenvalue weighted by Crippen LogP contribution is 2.42. The second kappa shape index (κ2) is 11.9. The quantitative estimate of drug-likeness (QED) is 0.154. The number of rotatable bonds is 3. The van der Waals surface area contributed by atoms with Gasteiger partial charge in [-0.1, -0.05) is 0 Å². The van der Waals surface area contributed by atoms with Crippen molar-refractivity contribution >= 4 is 23.5 Å². The largest absolute Gasteiger partial charge is 0.421 e. The van der Waals surface area contributed by atoms with Crippen molar-refractivity contribution in [3.63, 3.8) is 0 Å². The highest BCUT2D eigenvalue weighted by molar-refractivity contribution is 6.12. The summed E-state index contributed by atoms with van der Waals surface area (Å²) in [4.78, 5) is 0. The molecule has 37 heavy (non-hydrogen) atoms. The summed E-state index contributed by atoms with van der Waals surface area (Å²) in [6.45, 7) is 2.68. The van der Waals surface area contributed by atoms with Crippen molar-refractivity contribution in [3.8, 4) is 0 Å². The van der Waals surface area contributed by atoms with Gasteiger partial charge in [-0.15, -0.1) is 0 Å². The van der Waals surface area contributed by atoms with Gasteiger partial charge in [0.05, 0.1) is 25.8 Å². The Bertz CT molecular complexity index is 751. The summed E-state index contributed by atoms with van der Waals surface area (Å²) >= 11 is 0. The summed E-state index contributed by atoms with van der Waals surface area (Å²) in [6, 6.07) is -4.01. The Morgan fingerprint density at radius 1 is 0.730 bits per heavy atom. The van der Waals surface area contributed by atoms with E-state index in [4.69, 9.17) is 58.5 Å². The zero-order chi connectivity index (χ0) is 29.4. The van der Waals surface area contributed by atoms with Crippen LogP contribution in [0.3, 0.4) is 0 Å². The first-order chi connectivity index (χ1) is 16.6. The van der Waals surface area contributed by atoms with Crippen LogP contribution in [-0.4, -0.2) is 166 Å². The van der Waals surface area contributed by atoms with Gasteiger partial charge in [0.2, 0.25) is 5.60 Å². The van der Waals surface area contributed by atoms with Crippen LogP contribution in [0.5, 0.6) is 0 Å². The number of halogens is 3. The number of hydrogen-bond donors (Lipinski definition) is 9. The standard InChI is InChI=1S/C7H13BO4.C6H8BF3O4.C6H11BO4/c1-6(3-9)4(10)7(2,11)5(8)12-6;7-4-5(13,6(8,9)10)3(12)2(1-11)14-4;1-6(10)4(9)3(2-8)11-5(6)7/h4-5,9-11H,3H2,1-2H3;2-4,11-13H,1H2;3-5,8-10H,2H2,1H3/t4-,5-,6-,7-;2-,3-,4-,5-;3-,4-,5-,6-/m111/s1. The molecule has 3 aliphatic rings. The molecular formula is C19H32B3F3O12. The molecule has 18 heteroatoms. The topological polar surface area (TPSA) is 210 Å². The van der Waals surface area contributed by atoms with E-state index >= 15 is 0 Å². The predicted molar refractivity (Wildman–Crippen MR) is 119 cm³/mol. The van der Waals surface area contributed by atoms with Crippen molar-refractivity contribution < 1.29 is 73.3 Å². The van der Waals surface area contributed by atoms with E-state index in [1.54, 1.807) is 0 Å². The van der Waals surface area contributed by atoms with E-state index < -0.39 is 83.7 Å². The number of aliphatic hydroxyl groups excluding tert-OH is 6. The minimum atomic E-state index is -5.12. The molecule has 0 aromatic carbocycles. The molecule has 6 radical (unpaired) electrons. The first kappa shape index (κ1) is 34.5. The third-order valence-electron chi connectivity index (χ3n) is 6.64. The number of aliphatic hydroxyl groups is 9. The first-order valence-electron chi connectivity index (χ1n) is 11.0. The molecular weight excluding hydrogens is 510 g/mol. The van der Waals surface area contributed by atoms with Crippen LogP contribution in [0.4, 0.5) is 13.2 Å². The molecule has 0 unspecified atom stereocenters. The van der Waals surface area contributed by atoms with Crippen molar-refractivity contribution in [2.75, 3.05) is 19.8 Å². The Balaban J connectivity index is 0.000000280. The van der Waals surface area contributed by atoms with Gasteiger partial charge in [-0.25, -0.2) is 0 Å². The second-order valence-electron chi connectivity index (χ2n) is 9.63. The highest BCUT2D eigenvalue weighted by Gasteiger charge is 2.67. The zero-order valence-corrected chi connectivity index (χ0v) is 20.4. The van der Waals surface area contributed by atoms with Crippen LogP contribution in [0.15, 0.2) is 0 Å². The molecule has 3 rings (SSSR count). The van der Waals surface area contributed by atoms with Crippen LogP contribution < -0.4 is 0 Å². The van der Waals surface area contributed by atoms with Gasteiger partial charge < -0.3 is 60.2 Å². The zero-order valence-electron chi connectivity index (χ0n) is 20.4. The third kappa shape index (κ3) is 6.47. The first-order valence-corrected chi connectivity index (χ1v) is 11.0. The molecule has 0 aliphatic carbocycles. The molecule has 3 heterocycles.